The largest absolute Gasteiger partial charge is 0.306 e. The van der Waals surface area contributed by atoms with Gasteiger partial charge in [0.2, 0.25) is 0 Å². The number of amides is 1. The van der Waals surface area contributed by atoms with Crippen molar-refractivity contribution in [2.45, 2.75) is 26.7 Å². The fourth-order valence-electron chi connectivity index (χ4n) is 2.56. The number of nitrogens with one attached hydrogen (secondary N) is 1. The van der Waals surface area contributed by atoms with Crippen LogP contribution in [0.3, 0.4) is 0 Å². The van der Waals surface area contributed by atoms with E-state index < -0.39 is 0 Å². The van der Waals surface area contributed by atoms with Crippen molar-refractivity contribution in [3.63, 3.8) is 0 Å². The van der Waals surface area contributed by atoms with Gasteiger partial charge in [0.05, 0.1) is 4.88 Å². The second-order valence-electron chi connectivity index (χ2n) is 5.33. The number of pyridine rings is 1. The number of nitrogens with zero attached hydrogens (tertiary/aromatic N) is 1. The molecule has 22 heavy (non-hydrogen) atoms. The zero-order valence-electron chi connectivity index (χ0n) is 12.7. The molecule has 0 unspecified atom stereocenters. The topological polar surface area (TPSA) is 42.0 Å². The van der Waals surface area contributed by atoms with Crippen LogP contribution in [-0.4, -0.2) is 10.9 Å². The number of fused-ring (bicyclic) bond motifs is 1. The van der Waals surface area contributed by atoms with Gasteiger partial charge in [-0.2, -0.15) is 0 Å². The van der Waals surface area contributed by atoms with Crippen molar-refractivity contribution < 1.29 is 4.79 Å². The van der Waals surface area contributed by atoms with E-state index in [1.54, 1.807) is 17.5 Å². The summed E-state index contributed by atoms with van der Waals surface area (Å²) in [6.45, 7) is 4.12. The van der Waals surface area contributed by atoms with Crippen LogP contribution in [0.5, 0.6) is 0 Å². The van der Waals surface area contributed by atoms with E-state index in [1.807, 2.05) is 31.2 Å². The molecule has 0 saturated carbocycles. The van der Waals surface area contributed by atoms with E-state index in [-0.39, 0.29) is 5.91 Å². The van der Waals surface area contributed by atoms with Gasteiger partial charge in [0.25, 0.3) is 5.91 Å². The van der Waals surface area contributed by atoms with Crippen LogP contribution in [0.15, 0.2) is 42.6 Å². The second kappa shape index (κ2) is 6.28. The summed E-state index contributed by atoms with van der Waals surface area (Å²) in [4.78, 5) is 17.7. The first-order valence-corrected chi connectivity index (χ1v) is 8.25. The SMILES string of the molecule is CCCc1c(C(=O)Nc2cc(C)ccn2)sc2ccccc12. The molecule has 0 aliphatic heterocycles. The monoisotopic (exact) mass is 310 g/mol. The first kappa shape index (κ1) is 14.7. The molecule has 0 atom stereocenters. The zero-order valence-corrected chi connectivity index (χ0v) is 13.5. The smallest absolute Gasteiger partial charge is 0.267 e. The lowest BCUT2D eigenvalue weighted by molar-refractivity contribution is 0.102. The van der Waals surface area contributed by atoms with Crippen molar-refractivity contribution in [2.75, 3.05) is 5.32 Å². The Balaban J connectivity index is 1.98. The Labute approximate surface area is 134 Å². The van der Waals surface area contributed by atoms with E-state index in [0.717, 1.165) is 33.5 Å². The van der Waals surface area contributed by atoms with Crippen LogP contribution in [0.4, 0.5) is 5.82 Å². The fraction of sp³-hybridized carbons (Fsp3) is 0.222. The minimum atomic E-state index is -0.0669. The van der Waals surface area contributed by atoms with Crippen LogP contribution < -0.4 is 5.32 Å². The minimum absolute atomic E-state index is 0.0669. The highest BCUT2D eigenvalue weighted by molar-refractivity contribution is 7.21. The molecule has 3 nitrogen and oxygen atoms in total. The lowest BCUT2D eigenvalue weighted by Gasteiger charge is -2.06. The standard InChI is InChI=1S/C18H18N2OS/c1-3-6-14-13-7-4-5-8-15(13)22-17(14)18(21)20-16-11-12(2)9-10-19-16/h4-5,7-11H,3,6H2,1-2H3,(H,19,20,21). The van der Waals surface area contributed by atoms with E-state index in [0.29, 0.717) is 5.82 Å². The number of anilines is 1. The van der Waals surface area contributed by atoms with Crippen LogP contribution in [0.1, 0.15) is 34.1 Å². The average molecular weight is 310 g/mol. The molecule has 0 aliphatic rings. The van der Waals surface area contributed by atoms with Crippen molar-refractivity contribution in [1.82, 2.24) is 4.98 Å². The van der Waals surface area contributed by atoms with E-state index in [9.17, 15) is 4.79 Å². The van der Waals surface area contributed by atoms with Gasteiger partial charge < -0.3 is 5.32 Å². The Hall–Kier alpha value is -2.20. The molecule has 0 radical (unpaired) electrons. The third kappa shape index (κ3) is 2.88. The highest BCUT2D eigenvalue weighted by Gasteiger charge is 2.18. The third-order valence-electron chi connectivity index (χ3n) is 3.56. The summed E-state index contributed by atoms with van der Waals surface area (Å²) in [7, 11) is 0. The molecule has 0 aliphatic carbocycles. The van der Waals surface area contributed by atoms with Crippen LogP contribution in [0.2, 0.25) is 0 Å². The molecule has 3 aromatic rings. The number of hydrogen-bond donors (Lipinski definition) is 1. The molecule has 0 spiro atoms. The highest BCUT2D eigenvalue weighted by Crippen LogP contribution is 2.32. The summed E-state index contributed by atoms with van der Waals surface area (Å²) >= 11 is 1.56. The summed E-state index contributed by atoms with van der Waals surface area (Å²) in [5.74, 6) is 0.535. The lowest BCUT2D eigenvalue weighted by Crippen LogP contribution is -2.13. The van der Waals surface area contributed by atoms with Crippen LogP contribution in [0.25, 0.3) is 10.1 Å². The molecule has 2 heterocycles. The maximum absolute atomic E-state index is 12.6. The van der Waals surface area contributed by atoms with Gasteiger partial charge in [-0.1, -0.05) is 31.5 Å². The Bertz CT molecular complexity index is 823. The first-order chi connectivity index (χ1) is 10.7. The van der Waals surface area contributed by atoms with Crippen LogP contribution >= 0.6 is 11.3 Å². The van der Waals surface area contributed by atoms with Gasteiger partial charge in [0, 0.05) is 10.9 Å². The Morgan fingerprint density at radius 2 is 2.09 bits per heavy atom. The molecule has 0 bridgehead atoms. The Kier molecular flexibility index (Phi) is 4.20. The normalized spacial score (nSPS) is 10.8. The minimum Gasteiger partial charge on any atom is -0.306 e. The molecule has 1 N–H and O–H groups in total. The molecule has 0 fully saturated rings. The lowest BCUT2D eigenvalue weighted by atomic mass is 10.1. The first-order valence-electron chi connectivity index (χ1n) is 7.43. The summed E-state index contributed by atoms with van der Waals surface area (Å²) < 4.78 is 1.16. The summed E-state index contributed by atoms with van der Waals surface area (Å²) in [6, 6.07) is 12.0. The second-order valence-corrected chi connectivity index (χ2v) is 6.38. The number of hydrogen-bond acceptors (Lipinski definition) is 3. The maximum atomic E-state index is 12.6. The number of aryl methyl sites for hydroxylation is 2. The highest BCUT2D eigenvalue weighted by atomic mass is 32.1. The predicted molar refractivity (Wildman–Crippen MR) is 92.7 cm³/mol. The molecule has 1 aromatic carbocycles. The number of carbonyl (C=O) groups excluding carboxylic acids is 1. The van der Waals surface area contributed by atoms with E-state index >= 15 is 0 Å². The molecule has 2 aromatic heterocycles. The Morgan fingerprint density at radius 1 is 1.27 bits per heavy atom. The van der Waals surface area contributed by atoms with Gasteiger partial charge in [-0.3, -0.25) is 4.79 Å². The van der Waals surface area contributed by atoms with Gasteiger partial charge in [0.1, 0.15) is 5.82 Å². The fourth-order valence-corrected chi connectivity index (χ4v) is 3.70. The Morgan fingerprint density at radius 3 is 2.86 bits per heavy atom. The van der Waals surface area contributed by atoms with Crippen LogP contribution in [-0.2, 0) is 6.42 Å². The molecule has 3 rings (SSSR count). The molecule has 112 valence electrons. The van der Waals surface area contributed by atoms with Gasteiger partial charge in [-0.25, -0.2) is 4.98 Å². The van der Waals surface area contributed by atoms with Crippen LogP contribution in [0, 0.1) is 6.92 Å². The van der Waals surface area contributed by atoms with E-state index in [1.165, 1.54) is 5.39 Å². The zero-order chi connectivity index (χ0) is 15.5. The number of aromatic nitrogens is 1. The maximum Gasteiger partial charge on any atom is 0.267 e. The number of benzene rings is 1. The van der Waals surface area contributed by atoms with Crippen molar-refractivity contribution in [3.8, 4) is 0 Å². The predicted octanol–water partition coefficient (Wildman–Crippen LogP) is 4.81. The van der Waals surface area contributed by atoms with Crippen molar-refractivity contribution in [3.05, 3.63) is 58.6 Å². The number of thiophene rings is 1. The average Bonchev–Trinajstić information content (AvgIpc) is 2.87. The number of rotatable bonds is 4. The van der Waals surface area contributed by atoms with Crippen molar-refractivity contribution in [1.29, 1.82) is 0 Å². The van der Waals surface area contributed by atoms with E-state index in [4.69, 9.17) is 0 Å². The summed E-state index contributed by atoms with van der Waals surface area (Å²) in [5.41, 5.74) is 2.23. The van der Waals surface area contributed by atoms with Gasteiger partial charge in [0.15, 0.2) is 0 Å². The molecule has 4 heteroatoms. The number of carbonyl (C=O) groups is 1. The van der Waals surface area contributed by atoms with E-state index in [2.05, 4.69) is 29.4 Å². The summed E-state index contributed by atoms with van der Waals surface area (Å²) in [6.07, 6.45) is 3.64. The molecular weight excluding hydrogens is 292 g/mol. The van der Waals surface area contributed by atoms with Gasteiger partial charge in [-0.05, 0) is 48.1 Å². The molecule has 1 amide bonds. The van der Waals surface area contributed by atoms with Gasteiger partial charge in [-0.15, -0.1) is 11.3 Å². The van der Waals surface area contributed by atoms with Gasteiger partial charge >= 0.3 is 0 Å². The summed E-state index contributed by atoms with van der Waals surface area (Å²) in [5, 5.41) is 4.11. The quantitative estimate of drug-likeness (QED) is 0.751. The third-order valence-corrected chi connectivity index (χ3v) is 4.77. The van der Waals surface area contributed by atoms with Crippen molar-refractivity contribution >= 4 is 33.1 Å². The molecular formula is C18H18N2OS. The molecule has 0 saturated heterocycles. The van der Waals surface area contributed by atoms with Crippen molar-refractivity contribution in [2.24, 2.45) is 0 Å².